The fourth-order valence-electron chi connectivity index (χ4n) is 2.04. The summed E-state index contributed by atoms with van der Waals surface area (Å²) in [4.78, 5) is 9.71. The minimum Gasteiger partial charge on any atom is -0.285 e. The van der Waals surface area contributed by atoms with Crippen molar-refractivity contribution in [3.63, 3.8) is 0 Å². The number of aromatic nitrogens is 2. The first-order valence-corrected chi connectivity index (χ1v) is 7.14. The predicted octanol–water partition coefficient (Wildman–Crippen LogP) is 4.45. The molecule has 0 spiro atoms. The van der Waals surface area contributed by atoms with Crippen LogP contribution in [-0.2, 0) is 25.5 Å². The molecule has 0 bridgehead atoms. The van der Waals surface area contributed by atoms with Crippen molar-refractivity contribution in [2.75, 3.05) is 0 Å². The molecule has 0 fully saturated rings. The molecule has 2 aromatic heterocycles. The van der Waals surface area contributed by atoms with Gasteiger partial charge < -0.3 is 0 Å². The molecule has 0 aliphatic rings. The molecule has 0 atom stereocenters. The molecule has 2 heterocycles. The third-order valence-electron chi connectivity index (χ3n) is 3.20. The molecule has 1 aromatic carbocycles. The molecule has 3 rings (SSSR count). The number of benzene rings is 1. The summed E-state index contributed by atoms with van der Waals surface area (Å²) in [6.07, 6.45) is 1.62. The van der Waals surface area contributed by atoms with Gasteiger partial charge in [0.05, 0.1) is 0 Å². The third kappa shape index (κ3) is 2.83. The van der Waals surface area contributed by atoms with E-state index in [-0.39, 0.29) is 25.5 Å². The average Bonchev–Trinajstić information content (AvgIpc) is 2.86. The van der Waals surface area contributed by atoms with Crippen LogP contribution in [0.4, 0.5) is 0 Å². The van der Waals surface area contributed by atoms with Crippen LogP contribution in [0, 0.1) is 6.07 Å². The predicted molar refractivity (Wildman–Crippen MR) is 80.4 cm³/mol. The number of fused-ring (bicyclic) bond motifs is 1. The molecule has 0 amide bonds. The van der Waals surface area contributed by atoms with Gasteiger partial charge in [0.25, 0.3) is 0 Å². The van der Waals surface area contributed by atoms with Gasteiger partial charge in [-0.25, -0.2) is 4.98 Å². The molecule has 0 unspecified atom stereocenters. The molecule has 0 aliphatic carbocycles. The Morgan fingerprint density at radius 2 is 1.90 bits per heavy atom. The Labute approximate surface area is 136 Å². The summed E-state index contributed by atoms with van der Waals surface area (Å²) in [7, 11) is 0. The molecular weight excluding hydrogens is 444 g/mol. The van der Waals surface area contributed by atoms with Crippen LogP contribution in [-0.4, -0.2) is 9.97 Å². The van der Waals surface area contributed by atoms with E-state index in [2.05, 4.69) is 61.1 Å². The molecule has 1 radical (unpaired) electrons. The van der Waals surface area contributed by atoms with Crippen molar-refractivity contribution >= 4 is 21.6 Å². The van der Waals surface area contributed by atoms with Crippen LogP contribution in [0.3, 0.4) is 0 Å². The van der Waals surface area contributed by atoms with E-state index in [9.17, 15) is 0 Å². The van der Waals surface area contributed by atoms with Gasteiger partial charge in [-0.3, -0.25) is 4.98 Å². The molecular formula is C16H15IrN2S-. The van der Waals surface area contributed by atoms with E-state index >= 15 is 0 Å². The molecule has 3 aromatic rings. The van der Waals surface area contributed by atoms with Crippen LogP contribution in [0.2, 0.25) is 0 Å². The summed E-state index contributed by atoms with van der Waals surface area (Å²) >= 11 is 1.64. The van der Waals surface area contributed by atoms with E-state index in [0.717, 1.165) is 21.5 Å². The van der Waals surface area contributed by atoms with Gasteiger partial charge >= 0.3 is 0 Å². The Morgan fingerprint density at radius 3 is 2.55 bits per heavy atom. The smallest absolute Gasteiger partial charge is 0.117 e. The van der Waals surface area contributed by atoms with E-state index in [1.807, 2.05) is 5.38 Å². The third-order valence-corrected chi connectivity index (χ3v) is 4.02. The van der Waals surface area contributed by atoms with Crippen molar-refractivity contribution in [2.24, 2.45) is 0 Å². The Hall–Kier alpha value is -1.09. The summed E-state index contributed by atoms with van der Waals surface area (Å²) in [5, 5.41) is 3.15. The van der Waals surface area contributed by atoms with E-state index in [1.54, 1.807) is 17.7 Å². The molecule has 0 saturated heterocycles. The first-order chi connectivity index (χ1) is 9.05. The SMILES string of the molecule is CC(C)(C)c1c[c-]c(-c2ncnc3sccc23)cc1.[Ir]. The number of hydrogen-bond acceptors (Lipinski definition) is 3. The van der Waals surface area contributed by atoms with Crippen LogP contribution in [0.15, 0.2) is 36.0 Å². The molecule has 0 aliphatic heterocycles. The zero-order valence-corrected chi connectivity index (χ0v) is 14.8. The number of thiophene rings is 1. The van der Waals surface area contributed by atoms with E-state index < -0.39 is 0 Å². The van der Waals surface area contributed by atoms with Gasteiger partial charge in [0.1, 0.15) is 11.2 Å². The molecule has 4 heteroatoms. The largest absolute Gasteiger partial charge is 0.285 e. The monoisotopic (exact) mass is 460 g/mol. The molecule has 2 nitrogen and oxygen atoms in total. The zero-order chi connectivity index (χ0) is 13.5. The topological polar surface area (TPSA) is 25.8 Å². The van der Waals surface area contributed by atoms with Gasteiger partial charge in [-0.2, -0.15) is 0 Å². The first-order valence-electron chi connectivity index (χ1n) is 6.26. The fraction of sp³-hybridized carbons (Fsp3) is 0.250. The van der Waals surface area contributed by atoms with Crippen molar-refractivity contribution in [2.45, 2.75) is 26.2 Å². The van der Waals surface area contributed by atoms with Crippen LogP contribution in [0.5, 0.6) is 0 Å². The maximum Gasteiger partial charge on any atom is 0.117 e. The maximum absolute atomic E-state index is 4.41. The standard InChI is InChI=1S/C16H15N2S.Ir/c1-16(2,3)12-6-4-11(5-7-12)14-13-8-9-19-15(13)18-10-17-14;/h4,6-10H,1-3H3;/q-1;. The second kappa shape index (κ2) is 5.72. The van der Waals surface area contributed by atoms with E-state index in [1.165, 1.54) is 5.56 Å². The van der Waals surface area contributed by atoms with Gasteiger partial charge in [0, 0.05) is 20.1 Å². The maximum atomic E-state index is 4.41. The molecule has 0 saturated carbocycles. The van der Waals surface area contributed by atoms with Gasteiger partial charge in [0.15, 0.2) is 0 Å². The summed E-state index contributed by atoms with van der Waals surface area (Å²) < 4.78 is 0. The summed E-state index contributed by atoms with van der Waals surface area (Å²) in [5.74, 6) is 0. The second-order valence-corrected chi connectivity index (χ2v) is 6.50. The molecule has 105 valence electrons. The summed E-state index contributed by atoms with van der Waals surface area (Å²) in [5.41, 5.74) is 3.43. The van der Waals surface area contributed by atoms with Gasteiger partial charge in [-0.05, 0) is 27.9 Å². The van der Waals surface area contributed by atoms with Gasteiger partial charge in [-0.15, -0.1) is 46.7 Å². The van der Waals surface area contributed by atoms with Crippen LogP contribution in [0.25, 0.3) is 21.5 Å². The summed E-state index contributed by atoms with van der Waals surface area (Å²) in [6.45, 7) is 6.62. The Bertz CT molecular complexity index is 711. The number of rotatable bonds is 1. The van der Waals surface area contributed by atoms with Crippen molar-refractivity contribution in [1.82, 2.24) is 9.97 Å². The van der Waals surface area contributed by atoms with E-state index in [0.29, 0.717) is 0 Å². The van der Waals surface area contributed by atoms with Crippen molar-refractivity contribution < 1.29 is 20.1 Å². The quantitative estimate of drug-likeness (QED) is 0.503. The van der Waals surface area contributed by atoms with Crippen LogP contribution >= 0.6 is 11.3 Å². The minimum atomic E-state index is 0. The van der Waals surface area contributed by atoms with Crippen LogP contribution in [0.1, 0.15) is 26.3 Å². The number of nitrogens with zero attached hydrogens (tertiary/aromatic N) is 2. The number of hydrogen-bond donors (Lipinski definition) is 0. The first kappa shape index (κ1) is 15.3. The zero-order valence-electron chi connectivity index (χ0n) is 11.6. The summed E-state index contributed by atoms with van der Waals surface area (Å²) in [6, 6.07) is 11.7. The van der Waals surface area contributed by atoms with Crippen molar-refractivity contribution in [3.05, 3.63) is 47.6 Å². The Morgan fingerprint density at radius 1 is 1.10 bits per heavy atom. The second-order valence-electron chi connectivity index (χ2n) is 5.60. The van der Waals surface area contributed by atoms with E-state index in [4.69, 9.17) is 0 Å². The fourth-order valence-corrected chi connectivity index (χ4v) is 2.78. The molecule has 20 heavy (non-hydrogen) atoms. The van der Waals surface area contributed by atoms with Gasteiger partial charge in [0.2, 0.25) is 0 Å². The minimum absolute atomic E-state index is 0. The normalized spacial score (nSPS) is 11.3. The van der Waals surface area contributed by atoms with Crippen molar-refractivity contribution in [3.8, 4) is 11.3 Å². The Balaban J connectivity index is 0.00000147. The average molecular weight is 460 g/mol. The van der Waals surface area contributed by atoms with Gasteiger partial charge in [-0.1, -0.05) is 20.8 Å². The van der Waals surface area contributed by atoms with Crippen molar-refractivity contribution in [1.29, 1.82) is 0 Å². The molecule has 0 N–H and O–H groups in total. The van der Waals surface area contributed by atoms with Crippen LogP contribution < -0.4 is 0 Å². The Kier molecular flexibility index (Phi) is 4.38.